The molecule has 22 heavy (non-hydrogen) atoms. The molecule has 6 nitrogen and oxygen atoms in total. The van der Waals surface area contributed by atoms with Crippen molar-refractivity contribution in [3.63, 3.8) is 0 Å². The molecule has 2 aromatic heterocycles. The number of sulfonamides is 1. The van der Waals surface area contributed by atoms with Gasteiger partial charge in [-0.1, -0.05) is 29.8 Å². The fraction of sp³-hybridized carbons (Fsp3) is 0. The molecule has 0 atom stereocenters. The zero-order valence-electron chi connectivity index (χ0n) is 11.1. The van der Waals surface area contributed by atoms with Gasteiger partial charge in [-0.15, -0.1) is 0 Å². The molecule has 8 heteroatoms. The predicted octanol–water partition coefficient (Wildman–Crippen LogP) is 2.64. The van der Waals surface area contributed by atoms with Crippen LogP contribution in [0.25, 0.3) is 11.0 Å². The van der Waals surface area contributed by atoms with Crippen LogP contribution in [0.4, 0.5) is 4.79 Å². The van der Waals surface area contributed by atoms with E-state index < -0.39 is 16.1 Å². The highest BCUT2D eigenvalue weighted by Crippen LogP contribution is 2.22. The molecule has 3 aromatic rings. The number of carbonyl (C=O) groups excluding carboxylic acids is 1. The largest absolute Gasteiger partial charge is 0.341 e. The summed E-state index contributed by atoms with van der Waals surface area (Å²) in [5, 5.41) is 0.999. The Bertz CT molecular complexity index is 952. The van der Waals surface area contributed by atoms with E-state index in [4.69, 9.17) is 11.6 Å². The summed E-state index contributed by atoms with van der Waals surface area (Å²) in [6.45, 7) is 0. The minimum Gasteiger partial charge on any atom is -0.252 e. The van der Waals surface area contributed by atoms with Gasteiger partial charge in [-0.25, -0.2) is 22.9 Å². The van der Waals surface area contributed by atoms with Gasteiger partial charge in [0, 0.05) is 17.8 Å². The lowest BCUT2D eigenvalue weighted by Crippen LogP contribution is -2.33. The van der Waals surface area contributed by atoms with Crippen LogP contribution in [0.3, 0.4) is 0 Å². The molecule has 0 aliphatic heterocycles. The summed E-state index contributed by atoms with van der Waals surface area (Å²) < 4.78 is 27.4. The van der Waals surface area contributed by atoms with Crippen molar-refractivity contribution in [1.29, 1.82) is 0 Å². The summed E-state index contributed by atoms with van der Waals surface area (Å²) in [5.74, 6) is 0. The molecular formula is C14H10ClN3O3S. The van der Waals surface area contributed by atoms with Gasteiger partial charge in [0.2, 0.25) is 0 Å². The Morgan fingerprint density at radius 1 is 1.14 bits per heavy atom. The minimum absolute atomic E-state index is 0.00537. The van der Waals surface area contributed by atoms with E-state index in [1.165, 1.54) is 24.5 Å². The van der Waals surface area contributed by atoms with E-state index in [1.807, 2.05) is 4.72 Å². The van der Waals surface area contributed by atoms with Crippen molar-refractivity contribution in [2.24, 2.45) is 0 Å². The van der Waals surface area contributed by atoms with Crippen LogP contribution in [-0.2, 0) is 10.0 Å². The lowest BCUT2D eigenvalue weighted by atomic mass is 10.3. The smallest absolute Gasteiger partial charge is 0.252 e. The van der Waals surface area contributed by atoms with Crippen LogP contribution < -0.4 is 4.72 Å². The molecule has 1 N–H and O–H groups in total. The molecule has 0 spiro atoms. The Balaban J connectivity index is 1.96. The van der Waals surface area contributed by atoms with E-state index in [-0.39, 0.29) is 10.5 Å². The number of halogens is 1. The van der Waals surface area contributed by atoms with Crippen molar-refractivity contribution < 1.29 is 13.2 Å². The van der Waals surface area contributed by atoms with Gasteiger partial charge in [-0.05, 0) is 24.3 Å². The fourth-order valence-electron chi connectivity index (χ4n) is 1.99. The Morgan fingerprint density at radius 2 is 1.86 bits per heavy atom. The number of nitrogens with zero attached hydrogens (tertiary/aromatic N) is 2. The van der Waals surface area contributed by atoms with E-state index in [9.17, 15) is 13.2 Å². The molecule has 0 aliphatic carbocycles. The van der Waals surface area contributed by atoms with Crippen molar-refractivity contribution in [3.05, 3.63) is 59.9 Å². The highest BCUT2D eigenvalue weighted by atomic mass is 35.5. The van der Waals surface area contributed by atoms with Crippen molar-refractivity contribution in [2.75, 3.05) is 0 Å². The van der Waals surface area contributed by atoms with Gasteiger partial charge in [0.1, 0.15) is 5.65 Å². The van der Waals surface area contributed by atoms with E-state index in [2.05, 4.69) is 4.98 Å². The van der Waals surface area contributed by atoms with Crippen LogP contribution in [-0.4, -0.2) is 24.0 Å². The molecule has 3 rings (SSSR count). The number of hydrogen-bond donors (Lipinski definition) is 1. The first-order valence-corrected chi connectivity index (χ1v) is 8.09. The quantitative estimate of drug-likeness (QED) is 0.780. The first kappa shape index (κ1) is 14.6. The Hall–Kier alpha value is -2.38. The number of aromatic nitrogens is 2. The van der Waals surface area contributed by atoms with Crippen LogP contribution in [0.2, 0.25) is 5.02 Å². The molecule has 0 aliphatic rings. The fourth-order valence-corrected chi connectivity index (χ4v) is 3.16. The van der Waals surface area contributed by atoms with Crippen molar-refractivity contribution in [2.45, 2.75) is 4.90 Å². The number of amides is 1. The molecule has 0 fully saturated rings. The molecule has 0 saturated carbocycles. The number of carbonyl (C=O) groups is 1. The Labute approximate surface area is 131 Å². The first-order chi connectivity index (χ1) is 10.5. The van der Waals surface area contributed by atoms with Crippen LogP contribution in [0.1, 0.15) is 0 Å². The Morgan fingerprint density at radius 3 is 2.59 bits per heavy atom. The number of pyridine rings is 1. The average Bonchev–Trinajstić information content (AvgIpc) is 2.93. The SMILES string of the molecule is O=C(NS(=O)(=O)c1ccccc1)n1ccc2c(Cl)ccnc21. The summed E-state index contributed by atoms with van der Waals surface area (Å²) in [6, 6.07) is 10.0. The maximum Gasteiger partial charge on any atom is 0.341 e. The van der Waals surface area contributed by atoms with Gasteiger partial charge < -0.3 is 0 Å². The van der Waals surface area contributed by atoms with E-state index in [1.54, 1.807) is 30.3 Å². The van der Waals surface area contributed by atoms with Gasteiger partial charge in [-0.3, -0.25) is 4.57 Å². The normalized spacial score (nSPS) is 11.5. The van der Waals surface area contributed by atoms with Gasteiger partial charge in [0.25, 0.3) is 10.0 Å². The van der Waals surface area contributed by atoms with Crippen LogP contribution in [0.5, 0.6) is 0 Å². The molecule has 2 heterocycles. The summed E-state index contributed by atoms with van der Waals surface area (Å²) in [4.78, 5) is 16.3. The molecule has 112 valence electrons. The van der Waals surface area contributed by atoms with Crippen LogP contribution in [0.15, 0.2) is 59.8 Å². The first-order valence-electron chi connectivity index (χ1n) is 6.23. The number of nitrogens with one attached hydrogen (secondary N) is 1. The third-order valence-corrected chi connectivity index (χ3v) is 4.69. The van der Waals surface area contributed by atoms with Crippen molar-refractivity contribution in [3.8, 4) is 0 Å². The van der Waals surface area contributed by atoms with E-state index in [0.29, 0.717) is 10.4 Å². The second kappa shape index (κ2) is 5.43. The molecular weight excluding hydrogens is 326 g/mol. The summed E-state index contributed by atoms with van der Waals surface area (Å²) in [5.41, 5.74) is 0.285. The summed E-state index contributed by atoms with van der Waals surface area (Å²) >= 11 is 6.00. The second-order valence-electron chi connectivity index (χ2n) is 4.44. The number of rotatable bonds is 2. The zero-order valence-corrected chi connectivity index (χ0v) is 12.7. The highest BCUT2D eigenvalue weighted by molar-refractivity contribution is 7.90. The van der Waals surface area contributed by atoms with Crippen molar-refractivity contribution >= 4 is 38.7 Å². The Kier molecular flexibility index (Phi) is 3.59. The van der Waals surface area contributed by atoms with E-state index in [0.717, 1.165) is 4.57 Å². The molecule has 0 unspecified atom stereocenters. The summed E-state index contributed by atoms with van der Waals surface area (Å²) in [6.07, 6.45) is 2.86. The number of benzene rings is 1. The topological polar surface area (TPSA) is 81.1 Å². The van der Waals surface area contributed by atoms with Crippen LogP contribution in [0, 0.1) is 0 Å². The second-order valence-corrected chi connectivity index (χ2v) is 6.53. The molecule has 0 bridgehead atoms. The molecule has 1 amide bonds. The average molecular weight is 336 g/mol. The number of hydrogen-bond acceptors (Lipinski definition) is 4. The van der Waals surface area contributed by atoms with Gasteiger partial charge in [0.05, 0.1) is 9.92 Å². The predicted molar refractivity (Wildman–Crippen MR) is 82.3 cm³/mol. The number of fused-ring (bicyclic) bond motifs is 1. The lowest BCUT2D eigenvalue weighted by molar-refractivity contribution is 0.248. The zero-order chi connectivity index (χ0) is 15.7. The van der Waals surface area contributed by atoms with Crippen molar-refractivity contribution in [1.82, 2.24) is 14.3 Å². The summed E-state index contributed by atoms with van der Waals surface area (Å²) in [7, 11) is -3.95. The minimum atomic E-state index is -3.95. The lowest BCUT2D eigenvalue weighted by Gasteiger charge is -2.08. The van der Waals surface area contributed by atoms with E-state index >= 15 is 0 Å². The van der Waals surface area contributed by atoms with Gasteiger partial charge >= 0.3 is 6.03 Å². The third-order valence-electron chi connectivity index (χ3n) is 3.03. The maximum absolute atomic E-state index is 12.2. The van der Waals surface area contributed by atoms with Crippen LogP contribution >= 0.6 is 11.6 Å². The molecule has 0 radical (unpaired) electrons. The maximum atomic E-state index is 12.2. The van der Waals surface area contributed by atoms with Gasteiger partial charge in [0.15, 0.2) is 0 Å². The standard InChI is InChI=1S/C14H10ClN3O3S/c15-12-6-8-16-13-11(12)7-9-18(13)14(19)17-22(20,21)10-4-2-1-3-5-10/h1-9H,(H,17,19). The molecule has 0 saturated heterocycles. The highest BCUT2D eigenvalue weighted by Gasteiger charge is 2.20. The third kappa shape index (κ3) is 2.56. The van der Waals surface area contributed by atoms with Gasteiger partial charge in [-0.2, -0.15) is 0 Å². The monoisotopic (exact) mass is 335 g/mol. The molecule has 1 aromatic carbocycles.